The first kappa shape index (κ1) is 16.0. The van der Waals surface area contributed by atoms with Crippen LogP contribution in [-0.2, 0) is 0 Å². The van der Waals surface area contributed by atoms with E-state index in [-0.39, 0.29) is 0 Å². The maximum Gasteiger partial charge on any atom is 0.0640 e. The van der Waals surface area contributed by atoms with Gasteiger partial charge in [-0.05, 0) is 24.3 Å². The molecule has 5 rings (SSSR count). The van der Waals surface area contributed by atoms with Gasteiger partial charge in [-0.25, -0.2) is 0 Å². The van der Waals surface area contributed by atoms with Crippen molar-refractivity contribution in [3.05, 3.63) is 96.0 Å². The molecule has 5 aromatic rings. The quantitative estimate of drug-likeness (QED) is 0.341. The Morgan fingerprint density at radius 1 is 0.593 bits per heavy atom. The molecule has 1 aromatic heterocycles. The molecule has 0 aliphatic heterocycles. The molecule has 0 saturated carbocycles. The second-order valence-electron chi connectivity index (χ2n) is 6.55. The van der Waals surface area contributed by atoms with E-state index in [1.165, 1.54) is 16.3 Å². The number of rotatable bonds is 3. The molecule has 0 spiro atoms. The first-order chi connectivity index (χ1) is 13.3. The van der Waals surface area contributed by atoms with E-state index in [0.29, 0.717) is 5.02 Å². The van der Waals surface area contributed by atoms with Crippen LogP contribution >= 0.6 is 11.6 Å². The summed E-state index contributed by atoms with van der Waals surface area (Å²) in [5.74, 6) is 0. The van der Waals surface area contributed by atoms with Gasteiger partial charge in [0.05, 0.1) is 16.2 Å². The van der Waals surface area contributed by atoms with Gasteiger partial charge in [0.15, 0.2) is 0 Å². The molecule has 0 amide bonds. The Labute approximate surface area is 162 Å². The smallest absolute Gasteiger partial charge is 0.0640 e. The lowest BCUT2D eigenvalue weighted by Crippen LogP contribution is -1.94. The van der Waals surface area contributed by atoms with Gasteiger partial charge in [0.1, 0.15) is 0 Å². The van der Waals surface area contributed by atoms with Crippen LogP contribution in [0.3, 0.4) is 0 Å². The largest absolute Gasteiger partial charge is 0.354 e. The number of fused-ring (bicyclic) bond motifs is 3. The van der Waals surface area contributed by atoms with Crippen LogP contribution in [0.4, 0.5) is 11.4 Å². The van der Waals surface area contributed by atoms with Crippen LogP contribution in [-0.4, -0.2) is 4.98 Å². The van der Waals surface area contributed by atoms with Crippen molar-refractivity contribution in [3.8, 4) is 11.1 Å². The average molecular weight is 369 g/mol. The zero-order chi connectivity index (χ0) is 18.2. The monoisotopic (exact) mass is 368 g/mol. The minimum atomic E-state index is 0.705. The highest BCUT2D eigenvalue weighted by atomic mass is 35.5. The van der Waals surface area contributed by atoms with Crippen molar-refractivity contribution >= 4 is 44.8 Å². The predicted molar refractivity (Wildman–Crippen MR) is 116 cm³/mol. The van der Waals surface area contributed by atoms with Gasteiger partial charge >= 0.3 is 0 Å². The fourth-order valence-corrected chi connectivity index (χ4v) is 3.82. The number of aromatic amines is 1. The molecule has 0 aliphatic carbocycles. The molecule has 1 heterocycles. The molecule has 0 unspecified atom stereocenters. The summed E-state index contributed by atoms with van der Waals surface area (Å²) in [5.41, 5.74) is 6.52. The number of benzene rings is 4. The Balaban J connectivity index is 1.71. The average Bonchev–Trinajstić information content (AvgIpc) is 3.09. The van der Waals surface area contributed by atoms with Gasteiger partial charge in [0.2, 0.25) is 0 Å². The number of hydrogen-bond acceptors (Lipinski definition) is 1. The lowest BCUT2D eigenvalue weighted by molar-refractivity contribution is 1.51. The molecule has 0 saturated heterocycles. The van der Waals surface area contributed by atoms with Crippen molar-refractivity contribution in [1.82, 2.24) is 4.98 Å². The molecule has 3 heteroatoms. The van der Waals surface area contributed by atoms with E-state index in [9.17, 15) is 0 Å². The molecular weight excluding hydrogens is 352 g/mol. The number of halogens is 1. The number of nitrogens with one attached hydrogen (secondary N) is 2. The molecule has 0 atom stereocenters. The van der Waals surface area contributed by atoms with Gasteiger partial charge in [0.25, 0.3) is 0 Å². The van der Waals surface area contributed by atoms with Crippen molar-refractivity contribution in [1.29, 1.82) is 0 Å². The SMILES string of the molecule is Clc1ccccc1Nc1ccccc1-c1cccc2c1[nH]c1ccccc12. The number of anilines is 2. The lowest BCUT2D eigenvalue weighted by Gasteiger charge is -2.14. The zero-order valence-corrected chi connectivity index (χ0v) is 15.3. The van der Waals surface area contributed by atoms with E-state index in [1.807, 2.05) is 30.3 Å². The van der Waals surface area contributed by atoms with Crippen molar-refractivity contribution in [3.63, 3.8) is 0 Å². The first-order valence-corrected chi connectivity index (χ1v) is 9.29. The summed E-state index contributed by atoms with van der Waals surface area (Å²) >= 11 is 6.35. The third-order valence-corrected chi connectivity index (χ3v) is 5.23. The third kappa shape index (κ3) is 2.75. The van der Waals surface area contributed by atoms with Gasteiger partial charge < -0.3 is 10.3 Å². The van der Waals surface area contributed by atoms with Crippen LogP contribution in [0.15, 0.2) is 91.0 Å². The van der Waals surface area contributed by atoms with Crippen LogP contribution < -0.4 is 5.32 Å². The summed E-state index contributed by atoms with van der Waals surface area (Å²) in [6.45, 7) is 0. The van der Waals surface area contributed by atoms with Gasteiger partial charge in [0, 0.05) is 33.1 Å². The Bertz CT molecular complexity index is 1270. The number of para-hydroxylation sites is 4. The Morgan fingerprint density at radius 2 is 1.26 bits per heavy atom. The highest BCUT2D eigenvalue weighted by Crippen LogP contribution is 2.38. The molecular formula is C24H17ClN2. The second-order valence-corrected chi connectivity index (χ2v) is 6.96. The normalized spacial score (nSPS) is 11.1. The molecule has 0 radical (unpaired) electrons. The zero-order valence-electron chi connectivity index (χ0n) is 14.5. The number of hydrogen-bond donors (Lipinski definition) is 2. The maximum atomic E-state index is 6.35. The van der Waals surface area contributed by atoms with Crippen LogP contribution in [0, 0.1) is 0 Å². The Morgan fingerprint density at radius 3 is 2.15 bits per heavy atom. The van der Waals surface area contributed by atoms with E-state index in [4.69, 9.17) is 11.6 Å². The maximum absolute atomic E-state index is 6.35. The standard InChI is InChI=1S/C24H17ClN2/c25-20-12-3-6-15-23(20)26-21-13-4-1-8-16(21)18-10-7-11-19-17-9-2-5-14-22(17)27-24(18)19/h1-15,26-27H. The fourth-order valence-electron chi connectivity index (χ4n) is 3.63. The Hall–Kier alpha value is -3.23. The van der Waals surface area contributed by atoms with Crippen LogP contribution in [0.25, 0.3) is 32.9 Å². The van der Waals surface area contributed by atoms with Crippen molar-refractivity contribution in [2.24, 2.45) is 0 Å². The van der Waals surface area contributed by atoms with Gasteiger partial charge in [-0.1, -0.05) is 78.3 Å². The summed E-state index contributed by atoms with van der Waals surface area (Å²) in [6, 6.07) is 31.0. The third-order valence-electron chi connectivity index (χ3n) is 4.90. The van der Waals surface area contributed by atoms with E-state index in [0.717, 1.165) is 28.0 Å². The molecule has 2 nitrogen and oxygen atoms in total. The van der Waals surface area contributed by atoms with Crippen LogP contribution in [0.2, 0.25) is 5.02 Å². The van der Waals surface area contributed by atoms with Crippen molar-refractivity contribution in [2.75, 3.05) is 5.32 Å². The number of H-pyrrole nitrogens is 1. The van der Waals surface area contributed by atoms with E-state index in [1.54, 1.807) is 0 Å². The van der Waals surface area contributed by atoms with E-state index >= 15 is 0 Å². The topological polar surface area (TPSA) is 27.8 Å². The second kappa shape index (κ2) is 6.49. The molecule has 0 fully saturated rings. The summed E-state index contributed by atoms with van der Waals surface area (Å²) < 4.78 is 0. The fraction of sp³-hybridized carbons (Fsp3) is 0. The summed E-state index contributed by atoms with van der Waals surface area (Å²) in [6.07, 6.45) is 0. The molecule has 27 heavy (non-hydrogen) atoms. The summed E-state index contributed by atoms with van der Waals surface area (Å²) in [7, 11) is 0. The lowest BCUT2D eigenvalue weighted by atomic mass is 10.00. The summed E-state index contributed by atoms with van der Waals surface area (Å²) in [5, 5.41) is 6.67. The summed E-state index contributed by atoms with van der Waals surface area (Å²) in [4.78, 5) is 3.59. The van der Waals surface area contributed by atoms with Crippen LogP contribution in [0.1, 0.15) is 0 Å². The van der Waals surface area contributed by atoms with Gasteiger partial charge in [-0.3, -0.25) is 0 Å². The van der Waals surface area contributed by atoms with E-state index in [2.05, 4.69) is 71.0 Å². The highest BCUT2D eigenvalue weighted by molar-refractivity contribution is 6.33. The van der Waals surface area contributed by atoms with Crippen LogP contribution in [0.5, 0.6) is 0 Å². The minimum absolute atomic E-state index is 0.705. The van der Waals surface area contributed by atoms with Crippen molar-refractivity contribution < 1.29 is 0 Å². The number of aromatic nitrogens is 1. The molecule has 0 bridgehead atoms. The molecule has 0 aliphatic rings. The van der Waals surface area contributed by atoms with Crippen molar-refractivity contribution in [2.45, 2.75) is 0 Å². The molecule has 4 aromatic carbocycles. The highest BCUT2D eigenvalue weighted by Gasteiger charge is 2.12. The first-order valence-electron chi connectivity index (χ1n) is 8.92. The minimum Gasteiger partial charge on any atom is -0.354 e. The molecule has 130 valence electrons. The van der Waals surface area contributed by atoms with E-state index < -0.39 is 0 Å². The van der Waals surface area contributed by atoms with Gasteiger partial charge in [-0.2, -0.15) is 0 Å². The predicted octanol–water partition coefficient (Wildman–Crippen LogP) is 7.39. The molecule has 2 N–H and O–H groups in total. The van der Waals surface area contributed by atoms with Gasteiger partial charge in [-0.15, -0.1) is 0 Å². The Kier molecular flexibility index (Phi) is 3.84.